The molecular formula is C11H10N3O4S-. The molecule has 19 heavy (non-hydrogen) atoms. The van der Waals surface area contributed by atoms with Gasteiger partial charge in [0.15, 0.2) is 10.7 Å². The molecule has 0 radical (unpaired) electrons. The number of carbonyl (C=O) groups is 1. The van der Waals surface area contributed by atoms with Crippen molar-refractivity contribution in [1.82, 2.24) is 4.98 Å². The summed E-state index contributed by atoms with van der Waals surface area (Å²) in [5, 5.41) is 10.5. The van der Waals surface area contributed by atoms with Crippen molar-refractivity contribution in [2.24, 2.45) is 5.73 Å². The maximum Gasteiger partial charge on any atom is 0.417 e. The maximum atomic E-state index is 11.0. The molecule has 0 fully saturated rings. The number of rotatable bonds is 4. The monoisotopic (exact) mass is 280 g/mol. The molecule has 1 aromatic carbocycles. The third-order valence-electron chi connectivity index (χ3n) is 2.52. The summed E-state index contributed by atoms with van der Waals surface area (Å²) in [6.45, 7) is 0.0812. The minimum absolute atomic E-state index is 0.0264. The summed E-state index contributed by atoms with van der Waals surface area (Å²) in [4.78, 5) is 25.5. The molecule has 100 valence electrons. The van der Waals surface area contributed by atoms with Gasteiger partial charge in [0.05, 0.1) is 5.52 Å². The lowest BCUT2D eigenvalue weighted by atomic mass is 10.2. The van der Waals surface area contributed by atoms with E-state index in [2.05, 4.69) is 4.98 Å². The molecule has 1 aromatic heterocycles. The van der Waals surface area contributed by atoms with Crippen LogP contribution in [0.1, 0.15) is 6.42 Å². The van der Waals surface area contributed by atoms with Crippen molar-refractivity contribution in [3.63, 3.8) is 0 Å². The lowest BCUT2D eigenvalue weighted by Gasteiger charge is -2.22. The van der Waals surface area contributed by atoms with Crippen molar-refractivity contribution in [2.75, 3.05) is 11.4 Å². The summed E-state index contributed by atoms with van der Waals surface area (Å²) in [5.41, 5.74) is 6.98. The van der Waals surface area contributed by atoms with Gasteiger partial charge in [0, 0.05) is 30.7 Å². The molecule has 8 heteroatoms. The molecule has 0 aliphatic heterocycles. The number of carboxylic acid groups (broad SMARTS) is 1. The van der Waals surface area contributed by atoms with Crippen molar-refractivity contribution in [3.8, 4) is 0 Å². The molecule has 0 atom stereocenters. The van der Waals surface area contributed by atoms with Crippen LogP contribution in [0, 0.1) is 0 Å². The van der Waals surface area contributed by atoms with E-state index < -0.39 is 11.7 Å². The number of thiocarbonyl (C=S) groups is 1. The maximum absolute atomic E-state index is 11.0. The normalized spacial score (nSPS) is 10.5. The number of oxazole rings is 1. The fourth-order valence-electron chi connectivity index (χ4n) is 1.67. The van der Waals surface area contributed by atoms with E-state index in [-0.39, 0.29) is 18.1 Å². The molecule has 0 bridgehead atoms. The van der Waals surface area contributed by atoms with E-state index in [1.165, 1.54) is 4.90 Å². The Morgan fingerprint density at radius 3 is 2.89 bits per heavy atom. The number of nitrogens with one attached hydrogen (secondary N) is 1. The van der Waals surface area contributed by atoms with Gasteiger partial charge in [-0.05, 0) is 24.4 Å². The summed E-state index contributed by atoms with van der Waals surface area (Å²) < 4.78 is 4.91. The standard InChI is InChI=1S/C11H11N3O4S/c12-10(19)14(4-3-9(15)16)6-1-2-7-8(5-6)18-11(17)13-7/h1-2,5H,3-4H2,(H2,12,19)(H,13,17)(H,15,16)/p-1. The summed E-state index contributed by atoms with van der Waals surface area (Å²) in [7, 11) is 0. The molecule has 0 spiro atoms. The summed E-state index contributed by atoms with van der Waals surface area (Å²) in [6.07, 6.45) is -0.216. The van der Waals surface area contributed by atoms with Crippen molar-refractivity contribution in [2.45, 2.75) is 6.42 Å². The van der Waals surface area contributed by atoms with Crippen LogP contribution >= 0.6 is 12.2 Å². The van der Waals surface area contributed by atoms with Gasteiger partial charge in [0.25, 0.3) is 0 Å². The number of hydrogen-bond donors (Lipinski definition) is 2. The van der Waals surface area contributed by atoms with Crippen LogP contribution < -0.4 is 21.5 Å². The van der Waals surface area contributed by atoms with Crippen molar-refractivity contribution < 1.29 is 14.3 Å². The largest absolute Gasteiger partial charge is 0.550 e. The third-order valence-corrected chi connectivity index (χ3v) is 2.74. The summed E-state index contributed by atoms with van der Waals surface area (Å²) >= 11 is 4.87. The van der Waals surface area contributed by atoms with Gasteiger partial charge in [-0.1, -0.05) is 0 Å². The molecule has 0 amide bonds. The quantitative estimate of drug-likeness (QED) is 0.712. The van der Waals surface area contributed by atoms with Crippen molar-refractivity contribution in [3.05, 3.63) is 28.7 Å². The van der Waals surface area contributed by atoms with Crippen LogP contribution in [0.4, 0.5) is 5.69 Å². The topological polar surface area (TPSA) is 115 Å². The molecule has 2 rings (SSSR count). The predicted molar refractivity (Wildman–Crippen MR) is 70.6 cm³/mol. The Hall–Kier alpha value is -2.35. The van der Waals surface area contributed by atoms with Gasteiger partial charge in [0.2, 0.25) is 0 Å². The fraction of sp³-hybridized carbons (Fsp3) is 0.182. The van der Waals surface area contributed by atoms with Crippen molar-refractivity contribution in [1.29, 1.82) is 0 Å². The number of nitrogens with zero attached hydrogens (tertiary/aromatic N) is 1. The van der Waals surface area contributed by atoms with E-state index in [0.29, 0.717) is 16.8 Å². The van der Waals surface area contributed by atoms with Crippen LogP contribution in [0.2, 0.25) is 0 Å². The second-order valence-electron chi connectivity index (χ2n) is 3.81. The van der Waals surface area contributed by atoms with Crippen LogP contribution in [0.3, 0.4) is 0 Å². The average molecular weight is 280 g/mol. The van der Waals surface area contributed by atoms with E-state index in [9.17, 15) is 14.7 Å². The predicted octanol–water partition coefficient (Wildman–Crippen LogP) is -0.689. The number of benzene rings is 1. The number of aliphatic carboxylic acids is 1. The lowest BCUT2D eigenvalue weighted by molar-refractivity contribution is -0.305. The molecule has 3 N–H and O–H groups in total. The van der Waals surface area contributed by atoms with E-state index in [1.54, 1.807) is 18.2 Å². The molecule has 0 saturated heterocycles. The van der Waals surface area contributed by atoms with Crippen LogP contribution in [0.15, 0.2) is 27.4 Å². The number of nitrogens with two attached hydrogens (primary N) is 1. The van der Waals surface area contributed by atoms with Crippen LogP contribution in [0.25, 0.3) is 11.1 Å². The van der Waals surface area contributed by atoms with Crippen molar-refractivity contribution >= 4 is 40.1 Å². The van der Waals surface area contributed by atoms with Crippen LogP contribution in [0.5, 0.6) is 0 Å². The molecule has 1 heterocycles. The number of anilines is 1. The van der Waals surface area contributed by atoms with Gasteiger partial charge < -0.3 is 25.0 Å². The second-order valence-corrected chi connectivity index (χ2v) is 4.23. The van der Waals surface area contributed by atoms with Gasteiger partial charge in [0.1, 0.15) is 0 Å². The Morgan fingerprint density at radius 1 is 1.53 bits per heavy atom. The number of aromatic nitrogens is 1. The molecule has 0 saturated carbocycles. The van der Waals surface area contributed by atoms with Gasteiger partial charge >= 0.3 is 5.76 Å². The van der Waals surface area contributed by atoms with Crippen LogP contribution in [-0.2, 0) is 4.79 Å². The summed E-state index contributed by atoms with van der Waals surface area (Å²) in [6, 6.07) is 4.84. The van der Waals surface area contributed by atoms with Gasteiger partial charge in [-0.2, -0.15) is 0 Å². The SMILES string of the molecule is NC(=S)N(CCC(=O)[O-])c1ccc2[nH]c(=O)oc2c1. The van der Waals surface area contributed by atoms with Gasteiger partial charge in [-0.25, -0.2) is 4.79 Å². The molecule has 2 aromatic rings. The fourth-order valence-corrected chi connectivity index (χ4v) is 1.87. The highest BCUT2D eigenvalue weighted by molar-refractivity contribution is 7.80. The third kappa shape index (κ3) is 2.91. The Labute approximate surface area is 112 Å². The number of carboxylic acids is 1. The zero-order valence-corrected chi connectivity index (χ0v) is 10.5. The Bertz CT molecular complexity index is 691. The first-order valence-electron chi connectivity index (χ1n) is 5.37. The Balaban J connectivity index is 2.35. The lowest BCUT2D eigenvalue weighted by Crippen LogP contribution is -2.38. The minimum atomic E-state index is -1.20. The van der Waals surface area contributed by atoms with Gasteiger partial charge in [-0.15, -0.1) is 0 Å². The minimum Gasteiger partial charge on any atom is -0.550 e. The average Bonchev–Trinajstić information content (AvgIpc) is 2.67. The van der Waals surface area contributed by atoms with Gasteiger partial charge in [-0.3, -0.25) is 4.98 Å². The first kappa shape index (κ1) is 13.1. The second kappa shape index (κ2) is 5.11. The molecular weight excluding hydrogens is 270 g/mol. The van der Waals surface area contributed by atoms with E-state index in [1.807, 2.05) is 0 Å². The van der Waals surface area contributed by atoms with Crippen LogP contribution in [-0.4, -0.2) is 22.6 Å². The molecule has 7 nitrogen and oxygen atoms in total. The highest BCUT2D eigenvalue weighted by atomic mass is 32.1. The zero-order valence-electron chi connectivity index (χ0n) is 9.71. The molecule has 0 unspecified atom stereocenters. The summed E-state index contributed by atoms with van der Waals surface area (Å²) in [5.74, 6) is -1.76. The number of aromatic amines is 1. The van der Waals surface area contributed by atoms with E-state index >= 15 is 0 Å². The molecule has 0 aliphatic rings. The smallest absolute Gasteiger partial charge is 0.417 e. The highest BCUT2D eigenvalue weighted by Gasteiger charge is 2.11. The number of carbonyl (C=O) groups excluding carboxylic acids is 1. The van der Waals surface area contributed by atoms with E-state index in [4.69, 9.17) is 22.4 Å². The zero-order chi connectivity index (χ0) is 14.0. The molecule has 0 aliphatic carbocycles. The Kier molecular flexibility index (Phi) is 3.52. The first-order valence-corrected chi connectivity index (χ1v) is 5.78. The Morgan fingerprint density at radius 2 is 2.26 bits per heavy atom. The first-order chi connectivity index (χ1) is 8.97. The highest BCUT2D eigenvalue weighted by Crippen LogP contribution is 2.20. The number of fused-ring (bicyclic) bond motifs is 1. The van der Waals surface area contributed by atoms with E-state index in [0.717, 1.165) is 0 Å². The number of H-pyrrole nitrogens is 1. The number of hydrogen-bond acceptors (Lipinski definition) is 5.